The molecule has 1 aliphatic carbocycles. The first-order valence-corrected chi connectivity index (χ1v) is 8.42. The van der Waals surface area contributed by atoms with Gasteiger partial charge in [0.1, 0.15) is 5.82 Å². The smallest absolute Gasteiger partial charge is 0.225 e. The van der Waals surface area contributed by atoms with Crippen LogP contribution in [0.2, 0.25) is 0 Å². The molecule has 0 atom stereocenters. The zero-order valence-electron chi connectivity index (χ0n) is 13.6. The third kappa shape index (κ3) is 3.45. The first kappa shape index (κ1) is 14.5. The van der Waals surface area contributed by atoms with Gasteiger partial charge in [-0.2, -0.15) is 4.98 Å². The number of likely N-dealkylation sites (N-methyl/N-ethyl adjacent to an activating group) is 1. The van der Waals surface area contributed by atoms with Gasteiger partial charge in [-0.05, 0) is 19.9 Å². The van der Waals surface area contributed by atoms with Gasteiger partial charge in [0, 0.05) is 43.9 Å². The number of piperazine rings is 1. The standard InChI is InChI=1S/C18H23N5/c1-22-9-11-23(12-10-22)17-13-16(14-5-3-2-4-6-14)20-18(21-17)19-15-7-8-15/h2-6,13,15H,7-12H2,1H3,(H,19,20,21). The molecule has 1 saturated carbocycles. The van der Waals surface area contributed by atoms with E-state index in [0.29, 0.717) is 6.04 Å². The van der Waals surface area contributed by atoms with E-state index in [4.69, 9.17) is 9.97 Å². The lowest BCUT2D eigenvalue weighted by Crippen LogP contribution is -2.44. The highest BCUT2D eigenvalue weighted by Crippen LogP contribution is 2.27. The third-order valence-corrected chi connectivity index (χ3v) is 4.52. The summed E-state index contributed by atoms with van der Waals surface area (Å²) in [7, 11) is 2.17. The SMILES string of the molecule is CN1CCN(c2cc(-c3ccccc3)nc(NC3CC3)n2)CC1. The van der Waals surface area contributed by atoms with Gasteiger partial charge in [-0.1, -0.05) is 30.3 Å². The summed E-state index contributed by atoms with van der Waals surface area (Å²) in [5.41, 5.74) is 2.14. The predicted octanol–water partition coefficient (Wildman–Crippen LogP) is 2.47. The van der Waals surface area contributed by atoms with Crippen molar-refractivity contribution in [2.24, 2.45) is 0 Å². The molecule has 5 nitrogen and oxygen atoms in total. The first-order valence-electron chi connectivity index (χ1n) is 8.42. The minimum Gasteiger partial charge on any atom is -0.354 e. The number of anilines is 2. The van der Waals surface area contributed by atoms with Crippen molar-refractivity contribution >= 4 is 11.8 Å². The highest BCUT2D eigenvalue weighted by atomic mass is 15.3. The molecule has 0 radical (unpaired) electrons. The van der Waals surface area contributed by atoms with Crippen LogP contribution in [0.3, 0.4) is 0 Å². The van der Waals surface area contributed by atoms with E-state index in [-0.39, 0.29) is 0 Å². The number of nitrogens with zero attached hydrogens (tertiary/aromatic N) is 4. The second-order valence-electron chi connectivity index (χ2n) is 6.51. The molecule has 120 valence electrons. The summed E-state index contributed by atoms with van der Waals surface area (Å²) in [4.78, 5) is 14.2. The Morgan fingerprint density at radius 2 is 1.74 bits per heavy atom. The summed E-state index contributed by atoms with van der Waals surface area (Å²) in [6, 6.07) is 13.0. The second kappa shape index (κ2) is 6.16. The van der Waals surface area contributed by atoms with Crippen molar-refractivity contribution < 1.29 is 0 Å². The van der Waals surface area contributed by atoms with E-state index in [2.05, 4.69) is 52.5 Å². The van der Waals surface area contributed by atoms with Crippen LogP contribution in [-0.2, 0) is 0 Å². The molecule has 1 aromatic heterocycles. The Labute approximate surface area is 137 Å². The number of aromatic nitrogens is 2. The quantitative estimate of drug-likeness (QED) is 0.940. The summed E-state index contributed by atoms with van der Waals surface area (Å²) in [6.07, 6.45) is 2.45. The normalized spacial score (nSPS) is 18.9. The lowest BCUT2D eigenvalue weighted by atomic mass is 10.1. The summed E-state index contributed by atoms with van der Waals surface area (Å²) >= 11 is 0. The molecule has 2 fully saturated rings. The minimum atomic E-state index is 0.557. The van der Waals surface area contributed by atoms with Gasteiger partial charge in [0.25, 0.3) is 0 Å². The largest absolute Gasteiger partial charge is 0.354 e. The monoisotopic (exact) mass is 309 g/mol. The topological polar surface area (TPSA) is 44.3 Å². The van der Waals surface area contributed by atoms with E-state index >= 15 is 0 Å². The molecule has 2 aromatic rings. The van der Waals surface area contributed by atoms with Gasteiger partial charge in [0.05, 0.1) is 5.69 Å². The molecule has 0 spiro atoms. The molecule has 0 amide bonds. The maximum absolute atomic E-state index is 4.77. The van der Waals surface area contributed by atoms with Gasteiger partial charge in [0.15, 0.2) is 0 Å². The number of hydrogen-bond donors (Lipinski definition) is 1. The second-order valence-corrected chi connectivity index (χ2v) is 6.51. The predicted molar refractivity (Wildman–Crippen MR) is 93.8 cm³/mol. The zero-order valence-corrected chi connectivity index (χ0v) is 13.6. The van der Waals surface area contributed by atoms with Gasteiger partial charge >= 0.3 is 0 Å². The molecular weight excluding hydrogens is 286 g/mol. The molecular formula is C18H23N5. The van der Waals surface area contributed by atoms with Crippen molar-refractivity contribution in [2.45, 2.75) is 18.9 Å². The van der Waals surface area contributed by atoms with Crippen LogP contribution < -0.4 is 10.2 Å². The van der Waals surface area contributed by atoms with E-state index in [1.807, 2.05) is 6.07 Å². The van der Waals surface area contributed by atoms with Crippen LogP contribution in [-0.4, -0.2) is 54.1 Å². The Bertz CT molecular complexity index is 660. The van der Waals surface area contributed by atoms with Crippen LogP contribution >= 0.6 is 0 Å². The molecule has 1 aromatic carbocycles. The van der Waals surface area contributed by atoms with E-state index in [0.717, 1.165) is 49.2 Å². The van der Waals surface area contributed by atoms with Crippen molar-refractivity contribution in [3.8, 4) is 11.3 Å². The fourth-order valence-electron chi connectivity index (χ4n) is 2.86. The van der Waals surface area contributed by atoms with Crippen molar-refractivity contribution in [1.29, 1.82) is 0 Å². The zero-order chi connectivity index (χ0) is 15.6. The molecule has 23 heavy (non-hydrogen) atoms. The Hall–Kier alpha value is -2.14. The molecule has 4 rings (SSSR count). The first-order chi connectivity index (χ1) is 11.3. The van der Waals surface area contributed by atoms with Gasteiger partial charge in [-0.3, -0.25) is 0 Å². The Balaban J connectivity index is 1.66. The average Bonchev–Trinajstić information content (AvgIpc) is 3.40. The van der Waals surface area contributed by atoms with E-state index < -0.39 is 0 Å². The number of hydrogen-bond acceptors (Lipinski definition) is 5. The number of rotatable bonds is 4. The van der Waals surface area contributed by atoms with E-state index in [1.165, 1.54) is 12.8 Å². The summed E-state index contributed by atoms with van der Waals surface area (Å²) in [6.45, 7) is 4.20. The number of nitrogens with one attached hydrogen (secondary N) is 1. The molecule has 1 saturated heterocycles. The molecule has 2 heterocycles. The van der Waals surface area contributed by atoms with Crippen LogP contribution in [0.4, 0.5) is 11.8 Å². The maximum Gasteiger partial charge on any atom is 0.225 e. The van der Waals surface area contributed by atoms with E-state index in [1.54, 1.807) is 0 Å². The lowest BCUT2D eigenvalue weighted by Gasteiger charge is -2.33. The molecule has 5 heteroatoms. The maximum atomic E-state index is 4.77. The van der Waals surface area contributed by atoms with E-state index in [9.17, 15) is 0 Å². The van der Waals surface area contributed by atoms with Gasteiger partial charge in [-0.15, -0.1) is 0 Å². The van der Waals surface area contributed by atoms with Crippen molar-refractivity contribution in [2.75, 3.05) is 43.4 Å². The molecule has 0 unspecified atom stereocenters. The highest BCUT2D eigenvalue weighted by Gasteiger charge is 2.23. The summed E-state index contributed by atoms with van der Waals surface area (Å²) in [5.74, 6) is 1.80. The fourth-order valence-corrected chi connectivity index (χ4v) is 2.86. The Kier molecular flexibility index (Phi) is 3.87. The lowest BCUT2D eigenvalue weighted by molar-refractivity contribution is 0.312. The van der Waals surface area contributed by atoms with Crippen LogP contribution in [0.5, 0.6) is 0 Å². The Morgan fingerprint density at radius 3 is 2.43 bits per heavy atom. The third-order valence-electron chi connectivity index (χ3n) is 4.52. The molecule has 1 N–H and O–H groups in total. The molecule has 0 bridgehead atoms. The molecule has 2 aliphatic rings. The van der Waals surface area contributed by atoms with Gasteiger partial charge in [0.2, 0.25) is 5.95 Å². The minimum absolute atomic E-state index is 0.557. The van der Waals surface area contributed by atoms with Crippen LogP contribution in [0.25, 0.3) is 11.3 Å². The fraction of sp³-hybridized carbons (Fsp3) is 0.444. The summed E-state index contributed by atoms with van der Waals surface area (Å²) < 4.78 is 0. The van der Waals surface area contributed by atoms with Gasteiger partial charge < -0.3 is 15.1 Å². The van der Waals surface area contributed by atoms with Crippen LogP contribution in [0, 0.1) is 0 Å². The van der Waals surface area contributed by atoms with Crippen molar-refractivity contribution in [3.05, 3.63) is 36.4 Å². The van der Waals surface area contributed by atoms with Crippen LogP contribution in [0.15, 0.2) is 36.4 Å². The van der Waals surface area contributed by atoms with Gasteiger partial charge in [-0.25, -0.2) is 4.98 Å². The number of benzene rings is 1. The van der Waals surface area contributed by atoms with Crippen LogP contribution in [0.1, 0.15) is 12.8 Å². The van der Waals surface area contributed by atoms with Crippen molar-refractivity contribution in [1.82, 2.24) is 14.9 Å². The Morgan fingerprint density at radius 1 is 1.00 bits per heavy atom. The summed E-state index contributed by atoms with van der Waals surface area (Å²) in [5, 5.41) is 3.45. The average molecular weight is 309 g/mol. The van der Waals surface area contributed by atoms with Crippen molar-refractivity contribution in [3.63, 3.8) is 0 Å². The molecule has 1 aliphatic heterocycles. The highest BCUT2D eigenvalue weighted by molar-refractivity contribution is 5.65.